The monoisotopic (exact) mass is 310 g/mol. The zero-order chi connectivity index (χ0) is 16.2. The number of carbonyl (C=O) groups is 1. The van der Waals surface area contributed by atoms with Crippen LogP contribution < -0.4 is 11.1 Å². The van der Waals surface area contributed by atoms with E-state index in [-0.39, 0.29) is 12.0 Å². The van der Waals surface area contributed by atoms with Crippen LogP contribution in [0, 0.1) is 0 Å². The molecule has 0 saturated carbocycles. The van der Waals surface area contributed by atoms with Gasteiger partial charge in [-0.05, 0) is 39.5 Å². The lowest BCUT2D eigenvalue weighted by atomic mass is 10.0. The van der Waals surface area contributed by atoms with Gasteiger partial charge in [0.2, 0.25) is 5.91 Å². The van der Waals surface area contributed by atoms with E-state index in [4.69, 9.17) is 10.5 Å². The van der Waals surface area contributed by atoms with Gasteiger partial charge < -0.3 is 20.9 Å². The van der Waals surface area contributed by atoms with Crippen LogP contribution >= 0.6 is 0 Å². The second kappa shape index (κ2) is 7.21. The van der Waals surface area contributed by atoms with Gasteiger partial charge in [-0.25, -0.2) is 0 Å². The van der Waals surface area contributed by atoms with Gasteiger partial charge in [0.05, 0.1) is 24.3 Å². The van der Waals surface area contributed by atoms with Gasteiger partial charge in [0.25, 0.3) is 0 Å². The van der Waals surface area contributed by atoms with Crippen molar-refractivity contribution in [1.29, 1.82) is 0 Å². The Morgan fingerprint density at radius 3 is 3.05 bits per heavy atom. The summed E-state index contributed by atoms with van der Waals surface area (Å²) < 4.78 is 7.19. The maximum absolute atomic E-state index is 12.1. The van der Waals surface area contributed by atoms with E-state index in [0.717, 1.165) is 25.9 Å². The number of nitrogens with one attached hydrogen (secondary N) is 1. The molecule has 2 rings (SSSR count). The molecule has 0 radical (unpaired) electrons. The van der Waals surface area contributed by atoms with E-state index in [0.29, 0.717) is 18.8 Å². The first-order chi connectivity index (χ1) is 10.3. The average Bonchev–Trinajstić information content (AvgIpc) is 2.84. The van der Waals surface area contributed by atoms with Crippen molar-refractivity contribution in [2.75, 3.05) is 11.9 Å². The van der Waals surface area contributed by atoms with E-state index in [2.05, 4.69) is 10.4 Å². The van der Waals surface area contributed by atoms with E-state index in [1.807, 2.05) is 0 Å². The summed E-state index contributed by atoms with van der Waals surface area (Å²) in [4.78, 5) is 12.1. The molecule has 22 heavy (non-hydrogen) atoms. The van der Waals surface area contributed by atoms with Crippen molar-refractivity contribution < 1.29 is 14.6 Å². The number of aliphatic hydroxyl groups is 1. The van der Waals surface area contributed by atoms with Crippen LogP contribution in [0.1, 0.15) is 39.5 Å². The minimum Gasteiger partial charge on any atom is -0.389 e. The lowest BCUT2D eigenvalue weighted by Gasteiger charge is -2.24. The fourth-order valence-corrected chi connectivity index (χ4v) is 2.52. The number of hydrogen-bond donors (Lipinski definition) is 3. The lowest BCUT2D eigenvalue weighted by Crippen LogP contribution is -2.39. The Morgan fingerprint density at radius 1 is 1.64 bits per heavy atom. The summed E-state index contributed by atoms with van der Waals surface area (Å²) in [5, 5.41) is 16.7. The van der Waals surface area contributed by atoms with Gasteiger partial charge in [-0.3, -0.25) is 9.48 Å². The number of carbonyl (C=O) groups excluding carboxylic acids is 1. The Morgan fingerprint density at radius 2 is 2.41 bits per heavy atom. The third-order valence-corrected chi connectivity index (χ3v) is 3.57. The summed E-state index contributed by atoms with van der Waals surface area (Å²) in [6.07, 6.45) is 5.47. The van der Waals surface area contributed by atoms with Crippen LogP contribution in [0.25, 0.3) is 0 Å². The number of rotatable bonds is 6. The highest BCUT2D eigenvalue weighted by Crippen LogP contribution is 2.17. The molecular formula is C15H26N4O3. The highest BCUT2D eigenvalue weighted by atomic mass is 16.5. The van der Waals surface area contributed by atoms with Gasteiger partial charge >= 0.3 is 0 Å². The first-order valence-corrected chi connectivity index (χ1v) is 7.77. The molecule has 1 aromatic heterocycles. The molecule has 1 aliphatic rings. The van der Waals surface area contributed by atoms with Crippen molar-refractivity contribution in [3.63, 3.8) is 0 Å². The Balaban J connectivity index is 1.83. The van der Waals surface area contributed by atoms with Gasteiger partial charge in [-0.15, -0.1) is 0 Å². The molecule has 1 aromatic rings. The van der Waals surface area contributed by atoms with E-state index in [1.165, 1.54) is 0 Å². The molecule has 0 bridgehead atoms. The van der Waals surface area contributed by atoms with Gasteiger partial charge in [0.15, 0.2) is 5.82 Å². The molecule has 7 heteroatoms. The predicted octanol–water partition coefficient (Wildman–Crippen LogP) is 0.879. The third-order valence-electron chi connectivity index (χ3n) is 3.57. The van der Waals surface area contributed by atoms with Crippen LogP contribution in [0.3, 0.4) is 0 Å². The average molecular weight is 310 g/mol. The second-order valence-corrected chi connectivity index (χ2v) is 6.53. The van der Waals surface area contributed by atoms with Crippen LogP contribution in [-0.2, 0) is 16.1 Å². The van der Waals surface area contributed by atoms with Crippen molar-refractivity contribution in [1.82, 2.24) is 9.78 Å². The van der Waals surface area contributed by atoms with Crippen LogP contribution in [0.15, 0.2) is 12.3 Å². The molecule has 4 N–H and O–H groups in total. The maximum Gasteiger partial charge on any atom is 0.242 e. The number of nitrogens with two attached hydrogens (primary N) is 1. The highest BCUT2D eigenvalue weighted by Gasteiger charge is 2.22. The zero-order valence-electron chi connectivity index (χ0n) is 13.3. The number of amides is 1. The third kappa shape index (κ3) is 5.40. The molecule has 1 aliphatic heterocycles. The molecule has 124 valence electrons. The Bertz CT molecular complexity index is 489. The predicted molar refractivity (Wildman–Crippen MR) is 83.3 cm³/mol. The van der Waals surface area contributed by atoms with Crippen LogP contribution in [-0.4, -0.2) is 45.1 Å². The molecule has 1 fully saturated rings. The lowest BCUT2D eigenvalue weighted by molar-refractivity contribution is -0.118. The normalized spacial score (nSPS) is 20.6. The van der Waals surface area contributed by atoms with Crippen LogP contribution in [0.4, 0.5) is 5.82 Å². The summed E-state index contributed by atoms with van der Waals surface area (Å²) in [6.45, 7) is 4.51. The number of nitrogens with zero attached hydrogens (tertiary/aromatic N) is 2. The number of aromatic nitrogens is 2. The molecule has 2 atom stereocenters. The number of hydrogen-bond acceptors (Lipinski definition) is 5. The number of anilines is 1. The molecule has 7 nitrogen and oxygen atoms in total. The highest BCUT2D eigenvalue weighted by molar-refractivity contribution is 5.93. The largest absolute Gasteiger partial charge is 0.389 e. The molecular weight excluding hydrogens is 284 g/mol. The van der Waals surface area contributed by atoms with Gasteiger partial charge in [-0.2, -0.15) is 5.10 Å². The number of ether oxygens (including phenoxy) is 1. The molecule has 0 aliphatic carbocycles. The van der Waals surface area contributed by atoms with Gasteiger partial charge in [0, 0.05) is 18.9 Å². The molecule has 1 amide bonds. The Hall–Kier alpha value is -1.44. The molecule has 2 unspecified atom stereocenters. The SMILES string of the molecule is CC(C)(O)Cn1ccc(NC(=O)C(N)CC2CCCCO2)n1. The standard InChI is InChI=1S/C15H26N4O3/c1-15(2,21)10-19-7-6-13(18-19)17-14(20)12(16)9-11-5-3-4-8-22-11/h6-7,11-12,21H,3-5,8-10,16H2,1-2H3,(H,17,18,20). The quantitative estimate of drug-likeness (QED) is 0.724. The van der Waals surface area contributed by atoms with E-state index < -0.39 is 11.6 Å². The van der Waals surface area contributed by atoms with E-state index >= 15 is 0 Å². The Labute approximate surface area is 130 Å². The second-order valence-electron chi connectivity index (χ2n) is 6.53. The minimum absolute atomic E-state index is 0.0715. The van der Waals surface area contributed by atoms with Crippen molar-refractivity contribution in [3.05, 3.63) is 12.3 Å². The van der Waals surface area contributed by atoms with Crippen LogP contribution in [0.2, 0.25) is 0 Å². The Kier molecular flexibility index (Phi) is 5.55. The molecule has 2 heterocycles. The summed E-state index contributed by atoms with van der Waals surface area (Å²) in [5.41, 5.74) is 5.08. The summed E-state index contributed by atoms with van der Waals surface area (Å²) in [5.74, 6) is 0.178. The summed E-state index contributed by atoms with van der Waals surface area (Å²) in [7, 11) is 0. The molecule has 0 aromatic carbocycles. The van der Waals surface area contributed by atoms with Crippen molar-refractivity contribution in [2.45, 2.75) is 63.8 Å². The zero-order valence-corrected chi connectivity index (χ0v) is 13.3. The summed E-state index contributed by atoms with van der Waals surface area (Å²) >= 11 is 0. The summed E-state index contributed by atoms with van der Waals surface area (Å²) in [6, 6.07) is 1.08. The van der Waals surface area contributed by atoms with Gasteiger partial charge in [-0.1, -0.05) is 0 Å². The van der Waals surface area contributed by atoms with Gasteiger partial charge in [0.1, 0.15) is 0 Å². The topological polar surface area (TPSA) is 102 Å². The van der Waals surface area contributed by atoms with Crippen LogP contribution in [0.5, 0.6) is 0 Å². The minimum atomic E-state index is -0.859. The first-order valence-electron chi connectivity index (χ1n) is 7.77. The first kappa shape index (κ1) is 16.9. The maximum atomic E-state index is 12.1. The smallest absolute Gasteiger partial charge is 0.242 e. The fraction of sp³-hybridized carbons (Fsp3) is 0.733. The molecule has 1 saturated heterocycles. The van der Waals surface area contributed by atoms with Crippen molar-refractivity contribution in [3.8, 4) is 0 Å². The van der Waals surface area contributed by atoms with E-state index in [9.17, 15) is 9.90 Å². The van der Waals surface area contributed by atoms with Crippen molar-refractivity contribution >= 4 is 11.7 Å². The molecule has 0 spiro atoms. The van der Waals surface area contributed by atoms with E-state index in [1.54, 1.807) is 30.8 Å². The fourth-order valence-electron chi connectivity index (χ4n) is 2.52. The van der Waals surface area contributed by atoms with Crippen molar-refractivity contribution in [2.24, 2.45) is 5.73 Å².